The summed E-state index contributed by atoms with van der Waals surface area (Å²) in [6.07, 6.45) is -2.80. The van der Waals surface area contributed by atoms with E-state index in [1.54, 1.807) is 0 Å². The van der Waals surface area contributed by atoms with Crippen LogP contribution in [0.1, 0.15) is 33.6 Å². The van der Waals surface area contributed by atoms with Gasteiger partial charge in [0.05, 0.1) is 6.61 Å². The van der Waals surface area contributed by atoms with Crippen LogP contribution in [-0.2, 0) is 9.47 Å². The first-order valence-corrected chi connectivity index (χ1v) is 6.59. The fourth-order valence-corrected chi connectivity index (χ4v) is 2.01. The third kappa shape index (κ3) is 7.13. The number of alkyl halides is 3. The Balaban J connectivity index is 2.50. The molecular formula is C13H24F3NO2. The molecule has 114 valence electrons. The summed E-state index contributed by atoms with van der Waals surface area (Å²) < 4.78 is 46.6. The Hall–Kier alpha value is -0.330. The van der Waals surface area contributed by atoms with Crippen LogP contribution in [-0.4, -0.2) is 44.7 Å². The third-order valence-corrected chi connectivity index (χ3v) is 3.22. The van der Waals surface area contributed by atoms with E-state index in [2.05, 4.69) is 5.32 Å². The van der Waals surface area contributed by atoms with E-state index in [4.69, 9.17) is 9.47 Å². The highest BCUT2D eigenvalue weighted by molar-refractivity contribution is 4.87. The number of nitrogens with one attached hydrogen (secondary N) is 1. The van der Waals surface area contributed by atoms with Crippen LogP contribution in [0.2, 0.25) is 0 Å². The third-order valence-electron chi connectivity index (χ3n) is 3.22. The van der Waals surface area contributed by atoms with E-state index in [1.807, 2.05) is 20.8 Å². The van der Waals surface area contributed by atoms with Gasteiger partial charge in [-0.1, -0.05) is 0 Å². The summed E-state index contributed by atoms with van der Waals surface area (Å²) in [5.74, 6) is 0. The topological polar surface area (TPSA) is 30.5 Å². The van der Waals surface area contributed by atoms with Crippen molar-refractivity contribution in [3.63, 3.8) is 0 Å². The lowest BCUT2D eigenvalue weighted by atomic mass is 9.80. The predicted octanol–water partition coefficient (Wildman–Crippen LogP) is 2.75. The SMILES string of the molecule is CC(C)(C)NCC1(COCC(F)(F)F)CCOCC1. The molecule has 0 spiro atoms. The van der Waals surface area contributed by atoms with Crippen LogP contribution in [0.3, 0.4) is 0 Å². The van der Waals surface area contributed by atoms with Gasteiger partial charge in [-0.2, -0.15) is 13.2 Å². The van der Waals surface area contributed by atoms with E-state index < -0.39 is 12.8 Å². The lowest BCUT2D eigenvalue weighted by Crippen LogP contribution is -2.48. The molecule has 0 aliphatic carbocycles. The van der Waals surface area contributed by atoms with Crippen LogP contribution in [0.15, 0.2) is 0 Å². The molecule has 1 rings (SSSR count). The molecule has 19 heavy (non-hydrogen) atoms. The van der Waals surface area contributed by atoms with Crippen molar-refractivity contribution in [3.05, 3.63) is 0 Å². The second-order valence-electron chi connectivity index (χ2n) is 6.32. The van der Waals surface area contributed by atoms with Gasteiger partial charge in [-0.25, -0.2) is 0 Å². The highest BCUT2D eigenvalue weighted by Crippen LogP contribution is 2.31. The van der Waals surface area contributed by atoms with Crippen molar-refractivity contribution in [2.24, 2.45) is 5.41 Å². The molecule has 1 heterocycles. The molecule has 0 saturated carbocycles. The minimum atomic E-state index is -4.26. The molecule has 0 atom stereocenters. The largest absolute Gasteiger partial charge is 0.411 e. The lowest BCUT2D eigenvalue weighted by molar-refractivity contribution is -0.184. The van der Waals surface area contributed by atoms with Gasteiger partial charge in [0.15, 0.2) is 0 Å². The van der Waals surface area contributed by atoms with Crippen LogP contribution >= 0.6 is 0 Å². The summed E-state index contributed by atoms with van der Waals surface area (Å²) >= 11 is 0. The van der Waals surface area contributed by atoms with Gasteiger partial charge in [-0.15, -0.1) is 0 Å². The van der Waals surface area contributed by atoms with Crippen molar-refractivity contribution in [1.29, 1.82) is 0 Å². The van der Waals surface area contributed by atoms with Crippen LogP contribution < -0.4 is 5.32 Å². The quantitative estimate of drug-likeness (QED) is 0.841. The van der Waals surface area contributed by atoms with Crippen LogP contribution in [0.4, 0.5) is 13.2 Å². The summed E-state index contributed by atoms with van der Waals surface area (Å²) in [6, 6.07) is 0. The van der Waals surface area contributed by atoms with E-state index in [9.17, 15) is 13.2 Å². The Bertz CT molecular complexity index is 268. The predicted molar refractivity (Wildman–Crippen MR) is 67.1 cm³/mol. The highest BCUT2D eigenvalue weighted by Gasteiger charge is 2.36. The molecule has 0 amide bonds. The molecule has 0 aromatic heterocycles. The molecular weight excluding hydrogens is 259 g/mol. The van der Waals surface area contributed by atoms with E-state index >= 15 is 0 Å². The Morgan fingerprint density at radius 1 is 1.16 bits per heavy atom. The van der Waals surface area contributed by atoms with Gasteiger partial charge in [0.25, 0.3) is 0 Å². The summed E-state index contributed by atoms with van der Waals surface area (Å²) in [4.78, 5) is 0. The lowest BCUT2D eigenvalue weighted by Gasteiger charge is -2.39. The van der Waals surface area contributed by atoms with Gasteiger partial charge in [0.2, 0.25) is 0 Å². The Kier molecular flexibility index (Phi) is 5.65. The molecule has 0 aromatic carbocycles. The van der Waals surface area contributed by atoms with Gasteiger partial charge in [-0.3, -0.25) is 0 Å². The van der Waals surface area contributed by atoms with Crippen LogP contribution in [0.25, 0.3) is 0 Å². The number of hydrogen-bond donors (Lipinski definition) is 1. The summed E-state index contributed by atoms with van der Waals surface area (Å²) in [5, 5.41) is 3.36. The fraction of sp³-hybridized carbons (Fsp3) is 1.00. The molecule has 1 aliphatic rings. The van der Waals surface area contributed by atoms with Crippen molar-refractivity contribution in [2.75, 3.05) is 33.0 Å². The molecule has 3 nitrogen and oxygen atoms in total. The van der Waals surface area contributed by atoms with E-state index in [1.165, 1.54) is 0 Å². The number of hydrogen-bond acceptors (Lipinski definition) is 3. The summed E-state index contributed by atoms with van der Waals surface area (Å²) in [5.41, 5.74) is -0.313. The number of rotatable bonds is 5. The molecule has 6 heteroatoms. The smallest absolute Gasteiger partial charge is 0.381 e. The fourth-order valence-electron chi connectivity index (χ4n) is 2.01. The summed E-state index contributed by atoms with van der Waals surface area (Å²) in [7, 11) is 0. The zero-order valence-electron chi connectivity index (χ0n) is 11.9. The van der Waals surface area contributed by atoms with Crippen molar-refractivity contribution in [1.82, 2.24) is 5.32 Å². The average molecular weight is 283 g/mol. The highest BCUT2D eigenvalue weighted by atomic mass is 19.4. The minimum absolute atomic E-state index is 0.0602. The van der Waals surface area contributed by atoms with Crippen molar-refractivity contribution >= 4 is 0 Å². The molecule has 0 bridgehead atoms. The molecule has 1 N–H and O–H groups in total. The first kappa shape index (κ1) is 16.7. The first-order chi connectivity index (χ1) is 8.62. The van der Waals surface area contributed by atoms with Crippen LogP contribution in [0.5, 0.6) is 0 Å². The number of halogens is 3. The standard InChI is InChI=1S/C13H24F3NO2/c1-11(2,3)17-8-12(4-6-18-7-5-12)9-19-10-13(14,15)16/h17H,4-10H2,1-3H3. The minimum Gasteiger partial charge on any atom is -0.381 e. The monoisotopic (exact) mass is 283 g/mol. The first-order valence-electron chi connectivity index (χ1n) is 6.59. The molecule has 1 saturated heterocycles. The van der Waals surface area contributed by atoms with Crippen molar-refractivity contribution < 1.29 is 22.6 Å². The van der Waals surface area contributed by atoms with Crippen LogP contribution in [0, 0.1) is 5.41 Å². The summed E-state index contributed by atoms with van der Waals surface area (Å²) in [6.45, 7) is 6.88. The van der Waals surface area contributed by atoms with Crippen molar-refractivity contribution in [3.8, 4) is 0 Å². The van der Waals surface area contributed by atoms with Gasteiger partial charge in [0.1, 0.15) is 6.61 Å². The molecule has 0 unspecified atom stereocenters. The van der Waals surface area contributed by atoms with Gasteiger partial charge in [-0.05, 0) is 33.6 Å². The van der Waals surface area contributed by atoms with Crippen molar-refractivity contribution in [2.45, 2.75) is 45.3 Å². The Labute approximate surface area is 112 Å². The van der Waals surface area contributed by atoms with Gasteiger partial charge >= 0.3 is 6.18 Å². The zero-order chi connectivity index (χ0) is 14.6. The molecule has 1 aliphatic heterocycles. The maximum Gasteiger partial charge on any atom is 0.411 e. The average Bonchev–Trinajstić information content (AvgIpc) is 2.25. The molecule has 0 radical (unpaired) electrons. The number of ether oxygens (including phenoxy) is 2. The van der Waals surface area contributed by atoms with E-state index in [-0.39, 0.29) is 17.6 Å². The van der Waals surface area contributed by atoms with Gasteiger partial charge < -0.3 is 14.8 Å². The van der Waals surface area contributed by atoms with E-state index in [0.29, 0.717) is 19.8 Å². The Morgan fingerprint density at radius 2 is 1.74 bits per heavy atom. The second-order valence-corrected chi connectivity index (χ2v) is 6.32. The zero-order valence-corrected chi connectivity index (χ0v) is 11.9. The maximum atomic E-state index is 12.1. The van der Waals surface area contributed by atoms with Gasteiger partial charge in [0, 0.05) is 30.7 Å². The molecule has 0 aromatic rings. The maximum absolute atomic E-state index is 12.1. The second kappa shape index (κ2) is 6.41. The molecule has 1 fully saturated rings. The normalized spacial score (nSPS) is 20.5. The Morgan fingerprint density at radius 3 is 2.21 bits per heavy atom. The van der Waals surface area contributed by atoms with E-state index in [0.717, 1.165) is 12.8 Å².